The number of ether oxygens (including phenoxy) is 2. The van der Waals surface area contributed by atoms with Crippen LogP contribution in [0.5, 0.6) is 11.5 Å². The Morgan fingerprint density at radius 2 is 1.81 bits per heavy atom. The lowest BCUT2D eigenvalue weighted by atomic mass is 10.1. The van der Waals surface area contributed by atoms with Gasteiger partial charge in [0, 0.05) is 11.8 Å². The second-order valence-corrected chi connectivity index (χ2v) is 3.18. The van der Waals surface area contributed by atoms with Gasteiger partial charge < -0.3 is 9.47 Å². The number of nitrogens with zero attached hydrogens (tertiary/aromatic N) is 2. The molecule has 1 aromatic carbocycles. The van der Waals surface area contributed by atoms with Crippen molar-refractivity contribution in [2.75, 3.05) is 14.2 Å². The molecule has 1 aromatic heterocycles. The van der Waals surface area contributed by atoms with Crippen LogP contribution in [0.25, 0.3) is 11.3 Å². The highest BCUT2D eigenvalue weighted by Gasteiger charge is 2.06. The topological polar surface area (TPSA) is 44.2 Å². The molecule has 2 rings (SSSR count). The van der Waals surface area contributed by atoms with E-state index in [0.717, 1.165) is 11.3 Å². The normalized spacial score (nSPS) is 9.88. The minimum absolute atomic E-state index is 0.686. The third-order valence-electron chi connectivity index (χ3n) is 2.25. The van der Waals surface area contributed by atoms with E-state index in [9.17, 15) is 0 Å². The summed E-state index contributed by atoms with van der Waals surface area (Å²) in [7, 11) is 3.22. The van der Waals surface area contributed by atoms with Crippen molar-refractivity contribution in [3.05, 3.63) is 36.5 Å². The van der Waals surface area contributed by atoms with E-state index in [4.69, 9.17) is 9.47 Å². The highest BCUT2D eigenvalue weighted by Crippen LogP contribution is 2.31. The van der Waals surface area contributed by atoms with Crippen LogP contribution in [-0.2, 0) is 0 Å². The summed E-state index contributed by atoms with van der Waals surface area (Å²) in [6.07, 6.45) is 1.64. The van der Waals surface area contributed by atoms with Gasteiger partial charge in [-0.05, 0) is 30.3 Å². The Balaban J connectivity index is 2.44. The van der Waals surface area contributed by atoms with Gasteiger partial charge in [0.25, 0.3) is 0 Å². The molecule has 0 saturated carbocycles. The zero-order valence-electron chi connectivity index (χ0n) is 9.18. The quantitative estimate of drug-likeness (QED) is 0.788. The molecule has 0 aliphatic carbocycles. The first kappa shape index (κ1) is 10.4. The summed E-state index contributed by atoms with van der Waals surface area (Å²) in [5.74, 6) is 1.39. The lowest BCUT2D eigenvalue weighted by molar-refractivity contribution is 0.355. The van der Waals surface area contributed by atoms with Crippen LogP contribution >= 0.6 is 0 Å². The molecule has 0 radical (unpaired) electrons. The Hall–Kier alpha value is -2.10. The van der Waals surface area contributed by atoms with E-state index in [1.54, 1.807) is 20.4 Å². The average molecular weight is 216 g/mol. The number of hydrogen-bond acceptors (Lipinski definition) is 4. The molecular weight excluding hydrogens is 204 g/mol. The monoisotopic (exact) mass is 216 g/mol. The van der Waals surface area contributed by atoms with E-state index in [0.29, 0.717) is 11.5 Å². The molecule has 0 unspecified atom stereocenters. The Morgan fingerprint density at radius 3 is 2.44 bits per heavy atom. The third-order valence-corrected chi connectivity index (χ3v) is 2.25. The van der Waals surface area contributed by atoms with Crippen molar-refractivity contribution < 1.29 is 9.47 Å². The van der Waals surface area contributed by atoms with Crippen molar-refractivity contribution in [3.63, 3.8) is 0 Å². The number of methoxy groups -OCH3 is 2. The van der Waals surface area contributed by atoms with Gasteiger partial charge in [0.15, 0.2) is 11.5 Å². The SMILES string of the molecule is COc1ccc(-c2cccnn2)cc1OC. The molecule has 0 amide bonds. The van der Waals surface area contributed by atoms with Crippen molar-refractivity contribution in [3.8, 4) is 22.8 Å². The summed E-state index contributed by atoms with van der Waals surface area (Å²) in [6.45, 7) is 0. The molecule has 4 nitrogen and oxygen atoms in total. The van der Waals surface area contributed by atoms with Gasteiger partial charge in [-0.15, -0.1) is 0 Å². The van der Waals surface area contributed by atoms with Gasteiger partial charge in [-0.2, -0.15) is 10.2 Å². The van der Waals surface area contributed by atoms with E-state index in [-0.39, 0.29) is 0 Å². The summed E-state index contributed by atoms with van der Waals surface area (Å²) < 4.78 is 10.4. The van der Waals surface area contributed by atoms with Crippen LogP contribution in [0.3, 0.4) is 0 Å². The van der Waals surface area contributed by atoms with E-state index in [1.807, 2.05) is 30.3 Å². The first-order chi connectivity index (χ1) is 7.85. The Labute approximate surface area is 93.9 Å². The fourth-order valence-corrected chi connectivity index (χ4v) is 1.45. The zero-order valence-corrected chi connectivity index (χ0v) is 9.18. The maximum absolute atomic E-state index is 5.23. The number of aromatic nitrogens is 2. The van der Waals surface area contributed by atoms with Gasteiger partial charge in [0.2, 0.25) is 0 Å². The second kappa shape index (κ2) is 4.61. The van der Waals surface area contributed by atoms with Crippen molar-refractivity contribution >= 4 is 0 Å². The van der Waals surface area contributed by atoms with Crippen LogP contribution in [0.15, 0.2) is 36.5 Å². The fourth-order valence-electron chi connectivity index (χ4n) is 1.45. The molecule has 16 heavy (non-hydrogen) atoms. The predicted octanol–water partition coefficient (Wildman–Crippen LogP) is 2.16. The number of hydrogen-bond donors (Lipinski definition) is 0. The first-order valence-electron chi connectivity index (χ1n) is 4.85. The van der Waals surface area contributed by atoms with E-state index < -0.39 is 0 Å². The molecule has 0 N–H and O–H groups in total. The van der Waals surface area contributed by atoms with Crippen molar-refractivity contribution in [1.29, 1.82) is 0 Å². The van der Waals surface area contributed by atoms with Crippen LogP contribution in [0, 0.1) is 0 Å². The van der Waals surface area contributed by atoms with Crippen LogP contribution in [0.2, 0.25) is 0 Å². The van der Waals surface area contributed by atoms with Crippen LogP contribution in [-0.4, -0.2) is 24.4 Å². The van der Waals surface area contributed by atoms with Gasteiger partial charge in [0.05, 0.1) is 19.9 Å². The molecule has 1 heterocycles. The zero-order chi connectivity index (χ0) is 11.4. The lowest BCUT2D eigenvalue weighted by Crippen LogP contribution is -1.92. The van der Waals surface area contributed by atoms with Crippen molar-refractivity contribution in [2.24, 2.45) is 0 Å². The van der Waals surface area contributed by atoms with Gasteiger partial charge in [0.1, 0.15) is 0 Å². The maximum atomic E-state index is 5.23. The molecule has 0 bridgehead atoms. The molecule has 0 saturated heterocycles. The molecule has 0 spiro atoms. The standard InChI is InChI=1S/C12H12N2O2/c1-15-11-6-5-9(8-12(11)16-2)10-4-3-7-13-14-10/h3-8H,1-2H3. The summed E-state index contributed by atoms with van der Waals surface area (Å²) >= 11 is 0. The van der Waals surface area contributed by atoms with Crippen molar-refractivity contribution in [2.45, 2.75) is 0 Å². The van der Waals surface area contributed by atoms with Gasteiger partial charge in [-0.25, -0.2) is 0 Å². The molecule has 82 valence electrons. The number of benzene rings is 1. The molecule has 0 aliphatic heterocycles. The minimum Gasteiger partial charge on any atom is -0.493 e. The van der Waals surface area contributed by atoms with E-state index >= 15 is 0 Å². The molecule has 0 fully saturated rings. The molecule has 0 aliphatic rings. The van der Waals surface area contributed by atoms with Crippen LogP contribution < -0.4 is 9.47 Å². The summed E-state index contributed by atoms with van der Waals surface area (Å²) in [6, 6.07) is 9.39. The largest absolute Gasteiger partial charge is 0.493 e. The minimum atomic E-state index is 0.686. The summed E-state index contributed by atoms with van der Waals surface area (Å²) in [5.41, 5.74) is 1.76. The Morgan fingerprint density at radius 1 is 1.00 bits per heavy atom. The lowest BCUT2D eigenvalue weighted by Gasteiger charge is -2.08. The van der Waals surface area contributed by atoms with Crippen molar-refractivity contribution in [1.82, 2.24) is 10.2 Å². The van der Waals surface area contributed by atoms with E-state index in [2.05, 4.69) is 10.2 Å². The molecular formula is C12H12N2O2. The number of rotatable bonds is 3. The third kappa shape index (κ3) is 1.95. The molecule has 2 aromatic rings. The maximum Gasteiger partial charge on any atom is 0.161 e. The first-order valence-corrected chi connectivity index (χ1v) is 4.85. The fraction of sp³-hybridized carbons (Fsp3) is 0.167. The van der Waals surface area contributed by atoms with Crippen LogP contribution in [0.1, 0.15) is 0 Å². The van der Waals surface area contributed by atoms with Gasteiger partial charge >= 0.3 is 0 Å². The summed E-state index contributed by atoms with van der Waals surface area (Å²) in [4.78, 5) is 0. The average Bonchev–Trinajstić information content (AvgIpc) is 2.39. The Bertz CT molecular complexity index is 472. The highest BCUT2D eigenvalue weighted by molar-refractivity contribution is 5.63. The second-order valence-electron chi connectivity index (χ2n) is 3.18. The Kier molecular flexibility index (Phi) is 3.00. The smallest absolute Gasteiger partial charge is 0.161 e. The highest BCUT2D eigenvalue weighted by atomic mass is 16.5. The van der Waals surface area contributed by atoms with Crippen LogP contribution in [0.4, 0.5) is 0 Å². The molecule has 4 heteroatoms. The summed E-state index contributed by atoms with van der Waals surface area (Å²) in [5, 5.41) is 7.87. The van der Waals surface area contributed by atoms with Gasteiger partial charge in [-0.1, -0.05) is 0 Å². The molecule has 0 atom stereocenters. The van der Waals surface area contributed by atoms with E-state index in [1.165, 1.54) is 0 Å². The predicted molar refractivity (Wildman–Crippen MR) is 60.6 cm³/mol. The van der Waals surface area contributed by atoms with Gasteiger partial charge in [-0.3, -0.25) is 0 Å².